The minimum absolute atomic E-state index is 0.231. The van der Waals surface area contributed by atoms with Crippen LogP contribution in [0.15, 0.2) is 6.33 Å². The first kappa shape index (κ1) is 11.7. The topological polar surface area (TPSA) is 67.0 Å². The molecule has 5 heteroatoms. The summed E-state index contributed by atoms with van der Waals surface area (Å²) < 4.78 is 4.87. The lowest BCUT2D eigenvalue weighted by atomic mass is 10.3. The SMILES string of the molecule is CCOC(=O)C(C)NCc1nc[nH]c1C. The van der Waals surface area contributed by atoms with E-state index in [1.54, 1.807) is 20.2 Å². The predicted molar refractivity (Wildman–Crippen MR) is 56.3 cm³/mol. The number of aromatic amines is 1. The number of hydrogen-bond acceptors (Lipinski definition) is 4. The molecular weight excluding hydrogens is 194 g/mol. The van der Waals surface area contributed by atoms with Crippen molar-refractivity contribution in [3.05, 3.63) is 17.7 Å². The molecule has 1 aromatic rings. The van der Waals surface area contributed by atoms with E-state index in [1.807, 2.05) is 6.92 Å². The smallest absolute Gasteiger partial charge is 0.322 e. The summed E-state index contributed by atoms with van der Waals surface area (Å²) in [6.07, 6.45) is 1.64. The van der Waals surface area contributed by atoms with Crippen LogP contribution < -0.4 is 5.32 Å². The molecule has 0 saturated carbocycles. The van der Waals surface area contributed by atoms with Gasteiger partial charge in [0.25, 0.3) is 0 Å². The lowest BCUT2D eigenvalue weighted by Crippen LogP contribution is -2.35. The average molecular weight is 211 g/mol. The van der Waals surface area contributed by atoms with Crippen molar-refractivity contribution >= 4 is 5.97 Å². The molecule has 0 aliphatic heterocycles. The molecule has 5 nitrogen and oxygen atoms in total. The minimum atomic E-state index is -0.305. The van der Waals surface area contributed by atoms with Gasteiger partial charge in [0.1, 0.15) is 6.04 Å². The third kappa shape index (κ3) is 3.36. The number of aryl methyl sites for hydroxylation is 1. The molecule has 0 aliphatic carbocycles. The normalized spacial score (nSPS) is 12.5. The number of nitrogens with one attached hydrogen (secondary N) is 2. The number of rotatable bonds is 5. The Hall–Kier alpha value is -1.36. The molecule has 0 aromatic carbocycles. The van der Waals surface area contributed by atoms with Crippen LogP contribution in [0.1, 0.15) is 25.2 Å². The molecule has 15 heavy (non-hydrogen) atoms. The largest absolute Gasteiger partial charge is 0.465 e. The zero-order valence-corrected chi connectivity index (χ0v) is 9.33. The van der Waals surface area contributed by atoms with Gasteiger partial charge in [0.2, 0.25) is 0 Å². The molecular formula is C10H17N3O2. The quantitative estimate of drug-likeness (QED) is 0.706. The maximum Gasteiger partial charge on any atom is 0.322 e. The highest BCUT2D eigenvalue weighted by atomic mass is 16.5. The van der Waals surface area contributed by atoms with E-state index in [9.17, 15) is 4.79 Å². The van der Waals surface area contributed by atoms with E-state index < -0.39 is 0 Å². The number of ether oxygens (including phenoxy) is 1. The van der Waals surface area contributed by atoms with E-state index in [0.29, 0.717) is 13.2 Å². The maximum atomic E-state index is 11.3. The first-order valence-electron chi connectivity index (χ1n) is 5.04. The summed E-state index contributed by atoms with van der Waals surface area (Å²) in [6, 6.07) is -0.305. The first-order chi connectivity index (χ1) is 7.15. The van der Waals surface area contributed by atoms with Crippen LogP contribution in [0.5, 0.6) is 0 Å². The Bertz CT molecular complexity index is 322. The van der Waals surface area contributed by atoms with E-state index in [2.05, 4.69) is 15.3 Å². The van der Waals surface area contributed by atoms with Gasteiger partial charge in [-0.3, -0.25) is 10.1 Å². The average Bonchev–Trinajstić information content (AvgIpc) is 2.61. The number of nitrogens with zero attached hydrogens (tertiary/aromatic N) is 1. The van der Waals surface area contributed by atoms with Crippen molar-refractivity contribution in [3.63, 3.8) is 0 Å². The Morgan fingerprint density at radius 1 is 1.73 bits per heavy atom. The van der Waals surface area contributed by atoms with Crippen molar-refractivity contribution < 1.29 is 9.53 Å². The molecule has 0 aliphatic rings. The maximum absolute atomic E-state index is 11.3. The highest BCUT2D eigenvalue weighted by Crippen LogP contribution is 2.00. The Labute approximate surface area is 89.2 Å². The number of imidazole rings is 1. The van der Waals surface area contributed by atoms with Crippen molar-refractivity contribution in [3.8, 4) is 0 Å². The molecule has 0 radical (unpaired) electrons. The van der Waals surface area contributed by atoms with Gasteiger partial charge in [-0.05, 0) is 20.8 Å². The van der Waals surface area contributed by atoms with Crippen molar-refractivity contribution in [2.24, 2.45) is 0 Å². The van der Waals surface area contributed by atoms with Crippen molar-refractivity contribution in [1.82, 2.24) is 15.3 Å². The van der Waals surface area contributed by atoms with Crippen LogP contribution >= 0.6 is 0 Å². The van der Waals surface area contributed by atoms with Crippen LogP contribution in [-0.2, 0) is 16.1 Å². The summed E-state index contributed by atoms with van der Waals surface area (Å²) in [4.78, 5) is 18.4. The van der Waals surface area contributed by atoms with Gasteiger partial charge in [0, 0.05) is 12.2 Å². The van der Waals surface area contributed by atoms with Gasteiger partial charge in [-0.1, -0.05) is 0 Å². The second-order valence-corrected chi connectivity index (χ2v) is 3.33. The fraction of sp³-hybridized carbons (Fsp3) is 0.600. The van der Waals surface area contributed by atoms with Crippen molar-refractivity contribution in [2.45, 2.75) is 33.4 Å². The van der Waals surface area contributed by atoms with E-state index in [4.69, 9.17) is 4.74 Å². The van der Waals surface area contributed by atoms with Crippen LogP contribution in [0.4, 0.5) is 0 Å². The van der Waals surface area contributed by atoms with E-state index in [-0.39, 0.29) is 12.0 Å². The Morgan fingerprint density at radius 3 is 3.00 bits per heavy atom. The number of carbonyl (C=O) groups excluding carboxylic acids is 1. The number of hydrogen-bond donors (Lipinski definition) is 2. The van der Waals surface area contributed by atoms with Gasteiger partial charge in [-0.2, -0.15) is 0 Å². The molecule has 84 valence electrons. The molecule has 0 saturated heterocycles. The third-order valence-corrected chi connectivity index (χ3v) is 2.15. The molecule has 0 fully saturated rings. The van der Waals surface area contributed by atoms with Gasteiger partial charge in [-0.25, -0.2) is 4.98 Å². The van der Waals surface area contributed by atoms with E-state index >= 15 is 0 Å². The standard InChI is InChI=1S/C10H17N3O2/c1-4-15-10(14)8(3)11-5-9-7(2)12-6-13-9/h6,8,11H,4-5H2,1-3H3,(H,12,13). The first-order valence-corrected chi connectivity index (χ1v) is 5.04. The summed E-state index contributed by atoms with van der Waals surface area (Å²) in [5, 5.41) is 3.05. The Morgan fingerprint density at radius 2 is 2.47 bits per heavy atom. The number of carbonyl (C=O) groups is 1. The second-order valence-electron chi connectivity index (χ2n) is 3.33. The van der Waals surface area contributed by atoms with Crippen LogP contribution in [0.3, 0.4) is 0 Å². The lowest BCUT2D eigenvalue weighted by molar-refractivity contribution is -0.145. The van der Waals surface area contributed by atoms with Crippen molar-refractivity contribution in [2.75, 3.05) is 6.61 Å². The summed E-state index contributed by atoms with van der Waals surface area (Å²) in [5.41, 5.74) is 1.93. The van der Waals surface area contributed by atoms with Crippen LogP contribution in [0, 0.1) is 6.92 Å². The lowest BCUT2D eigenvalue weighted by Gasteiger charge is -2.11. The Balaban J connectivity index is 2.37. The summed E-state index contributed by atoms with van der Waals surface area (Å²) in [5.74, 6) is -0.231. The molecule has 1 unspecified atom stereocenters. The van der Waals surface area contributed by atoms with E-state index in [0.717, 1.165) is 11.4 Å². The minimum Gasteiger partial charge on any atom is -0.465 e. The number of aromatic nitrogens is 2. The molecule has 1 rings (SSSR count). The molecule has 2 N–H and O–H groups in total. The molecule has 1 aromatic heterocycles. The fourth-order valence-electron chi connectivity index (χ4n) is 1.17. The van der Waals surface area contributed by atoms with Gasteiger partial charge in [0.15, 0.2) is 0 Å². The van der Waals surface area contributed by atoms with Crippen molar-refractivity contribution in [1.29, 1.82) is 0 Å². The summed E-state index contributed by atoms with van der Waals surface area (Å²) in [7, 11) is 0. The fourth-order valence-corrected chi connectivity index (χ4v) is 1.17. The molecule has 1 atom stereocenters. The number of H-pyrrole nitrogens is 1. The molecule has 0 spiro atoms. The zero-order valence-electron chi connectivity index (χ0n) is 9.33. The highest BCUT2D eigenvalue weighted by molar-refractivity contribution is 5.75. The highest BCUT2D eigenvalue weighted by Gasteiger charge is 2.13. The predicted octanol–water partition coefficient (Wildman–Crippen LogP) is 0.759. The van der Waals surface area contributed by atoms with Crippen LogP contribution in [0.2, 0.25) is 0 Å². The third-order valence-electron chi connectivity index (χ3n) is 2.15. The van der Waals surface area contributed by atoms with E-state index in [1.165, 1.54) is 0 Å². The Kier molecular flexibility index (Phi) is 4.30. The van der Waals surface area contributed by atoms with Gasteiger partial charge >= 0.3 is 5.97 Å². The van der Waals surface area contributed by atoms with Gasteiger partial charge < -0.3 is 9.72 Å². The second kappa shape index (κ2) is 5.50. The molecule has 1 heterocycles. The summed E-state index contributed by atoms with van der Waals surface area (Å²) >= 11 is 0. The summed E-state index contributed by atoms with van der Waals surface area (Å²) in [6.45, 7) is 6.49. The van der Waals surface area contributed by atoms with Crippen LogP contribution in [-0.4, -0.2) is 28.6 Å². The van der Waals surface area contributed by atoms with Gasteiger partial charge in [-0.15, -0.1) is 0 Å². The monoisotopic (exact) mass is 211 g/mol. The zero-order chi connectivity index (χ0) is 11.3. The van der Waals surface area contributed by atoms with Gasteiger partial charge in [0.05, 0.1) is 18.6 Å². The number of esters is 1. The molecule has 0 amide bonds. The molecule has 0 bridgehead atoms. The van der Waals surface area contributed by atoms with Crippen LogP contribution in [0.25, 0.3) is 0 Å².